The Morgan fingerprint density at radius 1 is 0.517 bits per heavy atom. The number of anilines is 8. The lowest BCUT2D eigenvalue weighted by atomic mass is 9.33. The van der Waals surface area contributed by atoms with Gasteiger partial charge in [-0.25, -0.2) is 0 Å². The van der Waals surface area contributed by atoms with E-state index in [0.29, 0.717) is 0 Å². The molecule has 284 valence electrons. The highest BCUT2D eigenvalue weighted by atomic mass is 15.3. The fourth-order valence-corrected chi connectivity index (χ4v) is 11.2. The first-order valence-electron chi connectivity index (χ1n) is 21.3. The lowest BCUT2D eigenvalue weighted by Gasteiger charge is -2.53. The maximum absolute atomic E-state index is 2.86. The lowest BCUT2D eigenvalue weighted by molar-refractivity contribution is 0.195. The van der Waals surface area contributed by atoms with E-state index in [0.717, 1.165) is 17.8 Å². The topological polar surface area (TPSA) is 9.72 Å². The monoisotopic (exact) mass is 751 g/mol. The summed E-state index contributed by atoms with van der Waals surface area (Å²) in [5, 5.41) is 0. The third-order valence-corrected chi connectivity index (χ3v) is 14.4. The second kappa shape index (κ2) is 12.8. The minimum Gasteiger partial charge on any atom is -0.335 e. The number of fused-ring (bicyclic) bond motifs is 7. The zero-order chi connectivity index (χ0) is 39.5. The van der Waals surface area contributed by atoms with Crippen LogP contribution in [0, 0.1) is 27.7 Å². The first-order chi connectivity index (χ1) is 28.1. The summed E-state index contributed by atoms with van der Waals surface area (Å²) in [4.78, 5) is 7.93. The van der Waals surface area contributed by atoms with Crippen molar-refractivity contribution in [3.63, 3.8) is 0 Å². The summed E-state index contributed by atoms with van der Waals surface area (Å²) in [5.41, 5.74) is 23.3. The molecule has 0 N–H and O–H groups in total. The molecule has 3 heterocycles. The van der Waals surface area contributed by atoms with Crippen molar-refractivity contribution in [2.75, 3.05) is 14.7 Å². The van der Waals surface area contributed by atoms with Crippen molar-refractivity contribution in [1.29, 1.82) is 0 Å². The molecule has 3 nitrogen and oxygen atoms in total. The molecule has 0 aromatic heterocycles. The van der Waals surface area contributed by atoms with Crippen molar-refractivity contribution in [3.8, 4) is 11.1 Å². The highest BCUT2D eigenvalue weighted by Crippen LogP contribution is 2.62. The molecule has 1 fully saturated rings. The zero-order valence-corrected chi connectivity index (χ0v) is 34.6. The molecule has 2 unspecified atom stereocenters. The van der Waals surface area contributed by atoms with Crippen molar-refractivity contribution in [2.45, 2.75) is 78.2 Å². The Labute approximate surface area is 344 Å². The standard InChI is InChI=1S/C54H50BN3/c1-35-17-22-41(23-18-35)56(42-24-19-36(2)20-25-42)44-33-49-51-50(34-44)58-52-45(53(5)27-10-11-28-54(53,58)6)31-40(39-14-8-7-9-15-39)32-47(52)55(51)46-26-21-38(4)30-48(46)57(49)43-16-12-13-37(3)29-43/h7-9,12-26,29-34H,10-11,27-28H2,1-6H3. The van der Waals surface area contributed by atoms with Gasteiger partial charge in [-0.2, -0.15) is 0 Å². The zero-order valence-electron chi connectivity index (χ0n) is 34.6. The van der Waals surface area contributed by atoms with E-state index in [1.807, 2.05) is 0 Å². The van der Waals surface area contributed by atoms with Crippen LogP contribution in [-0.2, 0) is 5.41 Å². The van der Waals surface area contributed by atoms with Crippen molar-refractivity contribution >= 4 is 68.6 Å². The maximum atomic E-state index is 2.86. The predicted octanol–water partition coefficient (Wildman–Crippen LogP) is 12.4. The van der Waals surface area contributed by atoms with Gasteiger partial charge in [0.05, 0.1) is 11.2 Å². The largest absolute Gasteiger partial charge is 0.335 e. The number of hydrogen-bond donors (Lipinski definition) is 0. The van der Waals surface area contributed by atoms with Gasteiger partial charge in [0.2, 0.25) is 0 Å². The lowest BCUT2D eigenvalue weighted by Crippen LogP contribution is -2.64. The van der Waals surface area contributed by atoms with Crippen LogP contribution < -0.4 is 31.1 Å². The van der Waals surface area contributed by atoms with Crippen LogP contribution in [0.4, 0.5) is 45.5 Å². The number of nitrogens with zero attached hydrogens (tertiary/aromatic N) is 3. The second-order valence-electron chi connectivity index (χ2n) is 18.1. The van der Waals surface area contributed by atoms with Gasteiger partial charge in [-0.1, -0.05) is 116 Å². The van der Waals surface area contributed by atoms with Gasteiger partial charge in [-0.15, -0.1) is 0 Å². The average molecular weight is 752 g/mol. The van der Waals surface area contributed by atoms with Crippen LogP contribution in [0.25, 0.3) is 11.1 Å². The van der Waals surface area contributed by atoms with Crippen molar-refractivity contribution in [3.05, 3.63) is 173 Å². The molecule has 4 heteroatoms. The first kappa shape index (κ1) is 35.2. The molecule has 58 heavy (non-hydrogen) atoms. The molecular weight excluding hydrogens is 701 g/mol. The van der Waals surface area contributed by atoms with Crippen molar-refractivity contribution in [1.82, 2.24) is 0 Å². The molecule has 4 aliphatic rings. The summed E-state index contributed by atoms with van der Waals surface area (Å²) in [6.45, 7) is 14.1. The minimum atomic E-state index is -0.102. The van der Waals surface area contributed by atoms with Crippen LogP contribution in [-0.4, -0.2) is 12.3 Å². The van der Waals surface area contributed by atoms with Gasteiger partial charge in [0.1, 0.15) is 0 Å². The van der Waals surface area contributed by atoms with Crippen LogP contribution in [0.2, 0.25) is 0 Å². The number of rotatable bonds is 5. The van der Waals surface area contributed by atoms with Gasteiger partial charge < -0.3 is 14.7 Å². The molecule has 0 spiro atoms. The summed E-state index contributed by atoms with van der Waals surface area (Å²) in [7, 11) is 0. The molecule has 0 bridgehead atoms. The van der Waals surface area contributed by atoms with Crippen LogP contribution >= 0.6 is 0 Å². The Bertz CT molecular complexity index is 2730. The Balaban J connectivity index is 1.28. The van der Waals surface area contributed by atoms with Crippen LogP contribution in [0.15, 0.2) is 146 Å². The average Bonchev–Trinajstić information content (AvgIpc) is 3.44. The third-order valence-electron chi connectivity index (χ3n) is 14.4. The Morgan fingerprint density at radius 3 is 1.88 bits per heavy atom. The van der Waals surface area contributed by atoms with E-state index in [1.165, 1.54) is 109 Å². The van der Waals surface area contributed by atoms with E-state index in [2.05, 4.69) is 202 Å². The third kappa shape index (κ3) is 5.00. The molecule has 2 atom stereocenters. The SMILES string of the molecule is Cc1ccc(N(c2ccc(C)cc2)c2cc3c4c(c2)N2c5c(cc(-c6ccccc6)cc5C5(C)CCCCC25C)B4c2ccc(C)cc2N3c2cccc(C)c2)cc1. The summed E-state index contributed by atoms with van der Waals surface area (Å²) in [5.74, 6) is 0. The van der Waals surface area contributed by atoms with Crippen LogP contribution in [0.1, 0.15) is 67.3 Å². The molecule has 3 aliphatic heterocycles. The number of benzene rings is 7. The first-order valence-corrected chi connectivity index (χ1v) is 21.3. The minimum absolute atomic E-state index is 0.0174. The molecule has 7 aromatic carbocycles. The fraction of sp³-hybridized carbons (Fsp3) is 0.222. The van der Waals surface area contributed by atoms with Gasteiger partial charge >= 0.3 is 0 Å². The second-order valence-corrected chi connectivity index (χ2v) is 18.1. The molecule has 7 aromatic rings. The van der Waals surface area contributed by atoms with Crippen molar-refractivity contribution < 1.29 is 0 Å². The Kier molecular flexibility index (Phi) is 7.74. The molecule has 1 saturated carbocycles. The summed E-state index contributed by atoms with van der Waals surface area (Å²) < 4.78 is 0. The van der Waals surface area contributed by atoms with E-state index in [9.17, 15) is 0 Å². The summed E-state index contributed by atoms with van der Waals surface area (Å²) >= 11 is 0. The molecular formula is C54H50BN3. The van der Waals surface area contributed by atoms with Gasteiger partial charge in [0.15, 0.2) is 0 Å². The molecule has 11 rings (SSSR count). The van der Waals surface area contributed by atoms with Gasteiger partial charge in [-0.3, -0.25) is 0 Å². The predicted molar refractivity (Wildman–Crippen MR) is 248 cm³/mol. The molecule has 0 radical (unpaired) electrons. The van der Waals surface area contributed by atoms with Crippen molar-refractivity contribution in [2.24, 2.45) is 0 Å². The fourth-order valence-electron chi connectivity index (χ4n) is 11.2. The van der Waals surface area contributed by atoms with E-state index in [1.54, 1.807) is 0 Å². The van der Waals surface area contributed by atoms with Crippen LogP contribution in [0.5, 0.6) is 0 Å². The smallest absolute Gasteiger partial charge is 0.252 e. The van der Waals surface area contributed by atoms with Gasteiger partial charge in [-0.05, 0) is 152 Å². The quantitative estimate of drug-likeness (QED) is 0.162. The van der Waals surface area contributed by atoms with Crippen LogP contribution in [0.3, 0.4) is 0 Å². The maximum Gasteiger partial charge on any atom is 0.252 e. The summed E-state index contributed by atoms with van der Waals surface area (Å²) in [6.07, 6.45) is 4.82. The number of hydrogen-bond acceptors (Lipinski definition) is 3. The summed E-state index contributed by atoms with van der Waals surface area (Å²) in [6, 6.07) is 55.7. The van der Waals surface area contributed by atoms with E-state index >= 15 is 0 Å². The Morgan fingerprint density at radius 2 is 1.17 bits per heavy atom. The highest BCUT2D eigenvalue weighted by molar-refractivity contribution is 7.00. The van der Waals surface area contributed by atoms with E-state index in [4.69, 9.17) is 0 Å². The normalized spacial score (nSPS) is 19.7. The van der Waals surface area contributed by atoms with Gasteiger partial charge in [0, 0.05) is 45.2 Å². The number of aryl methyl sites for hydroxylation is 4. The molecule has 0 amide bonds. The molecule has 1 aliphatic carbocycles. The van der Waals surface area contributed by atoms with E-state index in [-0.39, 0.29) is 17.7 Å². The van der Waals surface area contributed by atoms with Gasteiger partial charge in [0.25, 0.3) is 6.71 Å². The highest BCUT2D eigenvalue weighted by Gasteiger charge is 2.61. The molecule has 0 saturated heterocycles. The van der Waals surface area contributed by atoms with E-state index < -0.39 is 0 Å². The Hall–Kier alpha value is -6.00.